The third kappa shape index (κ3) is 3.75. The fraction of sp³-hybridized carbons (Fsp3) is 0.423. The van der Waals surface area contributed by atoms with Crippen LogP contribution in [0.2, 0.25) is 0 Å². The maximum Gasteiger partial charge on any atom is 0.407 e. The van der Waals surface area contributed by atoms with Gasteiger partial charge in [-0.3, -0.25) is 4.79 Å². The van der Waals surface area contributed by atoms with Crippen LogP contribution >= 0.6 is 0 Å². The Morgan fingerprint density at radius 2 is 1.67 bits per heavy atom. The number of nitrogens with zero attached hydrogens (tertiary/aromatic N) is 1. The van der Waals surface area contributed by atoms with E-state index in [-0.39, 0.29) is 30.3 Å². The van der Waals surface area contributed by atoms with Crippen molar-refractivity contribution < 1.29 is 24.2 Å². The van der Waals surface area contributed by atoms with E-state index in [9.17, 15) is 19.5 Å². The Hall–Kier alpha value is -3.35. The number of nitrogens with one attached hydrogen (secondary N) is 1. The Morgan fingerprint density at radius 3 is 2.24 bits per heavy atom. The normalized spacial score (nSPS) is 24.3. The summed E-state index contributed by atoms with van der Waals surface area (Å²) < 4.78 is 5.55. The highest BCUT2D eigenvalue weighted by Gasteiger charge is 2.56. The van der Waals surface area contributed by atoms with E-state index in [2.05, 4.69) is 29.6 Å². The van der Waals surface area contributed by atoms with Gasteiger partial charge in [-0.05, 0) is 34.6 Å². The Bertz CT molecular complexity index is 1080. The first kappa shape index (κ1) is 21.5. The summed E-state index contributed by atoms with van der Waals surface area (Å²) in [4.78, 5) is 38.0. The molecule has 5 rings (SSSR count). The lowest BCUT2D eigenvalue weighted by atomic mass is 9.74. The molecule has 2 fully saturated rings. The molecule has 172 valence electrons. The highest BCUT2D eigenvalue weighted by molar-refractivity contribution is 5.89. The summed E-state index contributed by atoms with van der Waals surface area (Å²) in [5, 5.41) is 12.2. The molecule has 2 aliphatic carbocycles. The van der Waals surface area contributed by atoms with Crippen LogP contribution in [-0.4, -0.2) is 53.7 Å². The van der Waals surface area contributed by atoms with E-state index in [1.165, 1.54) is 16.0 Å². The molecule has 0 spiro atoms. The monoisotopic (exact) mass is 448 g/mol. The molecule has 2 aromatic carbocycles. The average molecular weight is 449 g/mol. The number of ether oxygens (including phenoxy) is 1. The molecule has 0 radical (unpaired) electrons. The highest BCUT2D eigenvalue weighted by Crippen LogP contribution is 2.46. The highest BCUT2D eigenvalue weighted by atomic mass is 16.5. The number of carboxylic acids is 1. The summed E-state index contributed by atoms with van der Waals surface area (Å²) in [6.07, 6.45) is 0.162. The zero-order chi connectivity index (χ0) is 23.3. The van der Waals surface area contributed by atoms with Crippen LogP contribution in [0.3, 0.4) is 0 Å². The van der Waals surface area contributed by atoms with E-state index >= 15 is 0 Å². The van der Waals surface area contributed by atoms with E-state index in [1.54, 1.807) is 0 Å². The van der Waals surface area contributed by atoms with E-state index in [0.29, 0.717) is 19.5 Å². The van der Waals surface area contributed by atoms with Crippen LogP contribution in [0, 0.1) is 17.3 Å². The summed E-state index contributed by atoms with van der Waals surface area (Å²) in [6.45, 7) is 4.77. The molecular formula is C26H28N2O5. The summed E-state index contributed by atoms with van der Waals surface area (Å²) in [5.41, 5.74) is 4.26. The van der Waals surface area contributed by atoms with Crippen molar-refractivity contribution in [2.75, 3.05) is 19.7 Å². The van der Waals surface area contributed by atoms with Gasteiger partial charge in [0.05, 0.1) is 0 Å². The molecule has 0 bridgehead atoms. The topological polar surface area (TPSA) is 95.9 Å². The summed E-state index contributed by atoms with van der Waals surface area (Å²) in [5.74, 6) is -1.29. The molecule has 1 heterocycles. The van der Waals surface area contributed by atoms with E-state index in [4.69, 9.17) is 4.74 Å². The number of carboxylic acid groups (broad SMARTS) is 1. The number of fused-ring (bicyclic) bond motifs is 3. The van der Waals surface area contributed by atoms with Crippen molar-refractivity contribution in [1.29, 1.82) is 0 Å². The molecule has 7 nitrogen and oxygen atoms in total. The second-order valence-corrected chi connectivity index (χ2v) is 10.0. The number of carbonyl (C=O) groups excluding carboxylic acids is 2. The number of benzene rings is 2. The van der Waals surface area contributed by atoms with Crippen molar-refractivity contribution in [2.24, 2.45) is 17.3 Å². The van der Waals surface area contributed by atoms with Crippen LogP contribution in [0.5, 0.6) is 0 Å². The predicted octanol–water partition coefficient (Wildman–Crippen LogP) is 3.48. The number of carbonyl (C=O) groups is 3. The van der Waals surface area contributed by atoms with Crippen LogP contribution in [-0.2, 0) is 14.3 Å². The number of amides is 2. The van der Waals surface area contributed by atoms with Gasteiger partial charge in [-0.15, -0.1) is 0 Å². The van der Waals surface area contributed by atoms with Gasteiger partial charge in [-0.25, -0.2) is 9.59 Å². The number of alkyl carbamates (subject to hydrolysis) is 1. The lowest BCUT2D eigenvalue weighted by molar-refractivity contribution is -0.172. The van der Waals surface area contributed by atoms with Crippen LogP contribution < -0.4 is 5.32 Å². The second-order valence-electron chi connectivity index (χ2n) is 10.0. The van der Waals surface area contributed by atoms with E-state index in [1.807, 2.05) is 38.1 Å². The zero-order valence-corrected chi connectivity index (χ0v) is 18.8. The third-order valence-electron chi connectivity index (χ3n) is 7.24. The van der Waals surface area contributed by atoms with Crippen molar-refractivity contribution in [1.82, 2.24) is 10.2 Å². The van der Waals surface area contributed by atoms with Gasteiger partial charge in [0.2, 0.25) is 5.91 Å². The molecule has 1 aliphatic heterocycles. The molecule has 1 saturated heterocycles. The van der Waals surface area contributed by atoms with Gasteiger partial charge in [0.25, 0.3) is 0 Å². The van der Waals surface area contributed by atoms with Gasteiger partial charge < -0.3 is 20.1 Å². The Labute approximate surface area is 192 Å². The summed E-state index contributed by atoms with van der Waals surface area (Å²) >= 11 is 0. The predicted molar refractivity (Wildman–Crippen MR) is 122 cm³/mol. The molecule has 3 unspecified atom stereocenters. The first-order valence-corrected chi connectivity index (χ1v) is 11.4. The minimum absolute atomic E-state index is 0.00104. The standard InChI is InChI=1S/C26H28N2O5/c1-26(2)14-28(22(26)24(30)31)23(29)20-11-15(20)12-27-25(32)33-13-21-18-9-5-3-7-16(18)17-8-4-6-10-19(17)21/h3-10,15,20-22H,11-14H2,1-2H3,(H,27,32)(H,30,31). The van der Waals surface area contributed by atoms with Gasteiger partial charge in [0.1, 0.15) is 12.6 Å². The molecule has 2 N–H and O–H groups in total. The van der Waals surface area contributed by atoms with Crippen LogP contribution in [0.1, 0.15) is 37.3 Å². The average Bonchev–Trinajstić information content (AvgIpc) is 3.49. The van der Waals surface area contributed by atoms with Gasteiger partial charge in [-0.1, -0.05) is 62.4 Å². The Kier molecular flexibility index (Phi) is 5.15. The van der Waals surface area contributed by atoms with Gasteiger partial charge in [-0.2, -0.15) is 0 Å². The maximum atomic E-state index is 12.7. The number of hydrogen-bond acceptors (Lipinski definition) is 4. The zero-order valence-electron chi connectivity index (χ0n) is 18.8. The molecule has 3 aliphatic rings. The molecule has 2 amide bonds. The maximum absolute atomic E-state index is 12.7. The smallest absolute Gasteiger partial charge is 0.407 e. The molecule has 2 aromatic rings. The number of rotatable bonds is 6. The van der Waals surface area contributed by atoms with Gasteiger partial charge >= 0.3 is 12.1 Å². The first-order valence-electron chi connectivity index (χ1n) is 11.4. The lowest BCUT2D eigenvalue weighted by Crippen LogP contribution is -2.67. The summed E-state index contributed by atoms with van der Waals surface area (Å²) in [6, 6.07) is 15.6. The van der Waals surface area contributed by atoms with Crippen molar-refractivity contribution in [3.05, 3.63) is 59.7 Å². The van der Waals surface area contributed by atoms with Crippen molar-refractivity contribution in [3.63, 3.8) is 0 Å². The number of hydrogen-bond donors (Lipinski definition) is 2. The second kappa shape index (κ2) is 7.90. The molecule has 7 heteroatoms. The number of aliphatic carboxylic acids is 1. The minimum atomic E-state index is -0.964. The molecule has 3 atom stereocenters. The molecular weight excluding hydrogens is 420 g/mol. The van der Waals surface area contributed by atoms with Crippen LogP contribution in [0.4, 0.5) is 4.79 Å². The fourth-order valence-electron chi connectivity index (χ4n) is 5.45. The molecule has 0 aromatic heterocycles. The molecule has 1 saturated carbocycles. The van der Waals surface area contributed by atoms with Crippen molar-refractivity contribution in [3.8, 4) is 11.1 Å². The largest absolute Gasteiger partial charge is 0.480 e. The van der Waals surface area contributed by atoms with Gasteiger partial charge in [0, 0.05) is 30.3 Å². The minimum Gasteiger partial charge on any atom is -0.480 e. The lowest BCUT2D eigenvalue weighted by Gasteiger charge is -2.51. The van der Waals surface area contributed by atoms with Crippen molar-refractivity contribution >= 4 is 18.0 Å². The SMILES string of the molecule is CC1(C)CN(C(=O)C2CC2CNC(=O)OCC2c3ccccc3-c3ccccc32)C1C(=O)O. The number of likely N-dealkylation sites (tertiary alicyclic amines) is 1. The Morgan fingerprint density at radius 1 is 1.06 bits per heavy atom. The third-order valence-corrected chi connectivity index (χ3v) is 7.24. The van der Waals surface area contributed by atoms with Crippen LogP contribution in [0.15, 0.2) is 48.5 Å². The van der Waals surface area contributed by atoms with Crippen LogP contribution in [0.25, 0.3) is 11.1 Å². The van der Waals surface area contributed by atoms with Gasteiger partial charge in [0.15, 0.2) is 0 Å². The first-order chi connectivity index (χ1) is 15.8. The van der Waals surface area contributed by atoms with Crippen molar-refractivity contribution in [2.45, 2.75) is 32.2 Å². The Balaban J connectivity index is 1.12. The molecule has 33 heavy (non-hydrogen) atoms. The van der Waals surface area contributed by atoms with E-state index < -0.39 is 23.5 Å². The fourth-order valence-corrected chi connectivity index (χ4v) is 5.45. The summed E-state index contributed by atoms with van der Waals surface area (Å²) in [7, 11) is 0. The van der Waals surface area contributed by atoms with E-state index in [0.717, 1.165) is 11.1 Å². The quantitative estimate of drug-likeness (QED) is 0.705.